The van der Waals surface area contributed by atoms with Gasteiger partial charge in [-0.2, -0.15) is 0 Å². The van der Waals surface area contributed by atoms with Crippen molar-refractivity contribution in [2.75, 3.05) is 7.05 Å². The molecule has 0 amide bonds. The molecule has 2 nitrogen and oxygen atoms in total. The van der Waals surface area contributed by atoms with Gasteiger partial charge in [-0.05, 0) is 38.3 Å². The van der Waals surface area contributed by atoms with Gasteiger partial charge < -0.3 is 4.74 Å². The van der Waals surface area contributed by atoms with Crippen molar-refractivity contribution in [2.45, 2.75) is 57.4 Å². The average molecular weight is 259 g/mol. The van der Waals surface area contributed by atoms with Gasteiger partial charge in [0.05, 0.1) is 6.10 Å². The van der Waals surface area contributed by atoms with Gasteiger partial charge >= 0.3 is 0 Å². The highest BCUT2D eigenvalue weighted by Crippen LogP contribution is 2.40. The first-order valence-corrected chi connectivity index (χ1v) is 7.69. The van der Waals surface area contributed by atoms with E-state index in [-0.39, 0.29) is 6.10 Å². The molecule has 2 fully saturated rings. The topological polar surface area (TPSA) is 12.5 Å². The monoisotopic (exact) mass is 259 g/mol. The van der Waals surface area contributed by atoms with Crippen molar-refractivity contribution in [3.63, 3.8) is 0 Å². The molecular formula is C17H25NO. The molecule has 104 valence electrons. The number of benzene rings is 1. The lowest BCUT2D eigenvalue weighted by Gasteiger charge is -2.31. The van der Waals surface area contributed by atoms with Crippen LogP contribution in [0.2, 0.25) is 0 Å². The van der Waals surface area contributed by atoms with Gasteiger partial charge in [-0.15, -0.1) is 0 Å². The smallest absolute Gasteiger partial charge is 0.114 e. The second-order valence-corrected chi connectivity index (χ2v) is 6.16. The van der Waals surface area contributed by atoms with Crippen molar-refractivity contribution in [2.24, 2.45) is 5.92 Å². The van der Waals surface area contributed by atoms with Crippen LogP contribution in [0.4, 0.5) is 0 Å². The van der Waals surface area contributed by atoms with E-state index in [2.05, 4.69) is 49.2 Å². The molecule has 0 N–H and O–H groups in total. The van der Waals surface area contributed by atoms with Crippen LogP contribution in [-0.4, -0.2) is 24.2 Å². The van der Waals surface area contributed by atoms with Crippen LogP contribution in [0, 0.1) is 5.92 Å². The number of hydrogen-bond acceptors (Lipinski definition) is 2. The Balaban J connectivity index is 1.75. The zero-order valence-corrected chi connectivity index (χ0v) is 12.1. The van der Waals surface area contributed by atoms with Crippen LogP contribution in [0.1, 0.15) is 50.7 Å². The van der Waals surface area contributed by atoms with E-state index in [4.69, 9.17) is 4.74 Å². The predicted molar refractivity (Wildman–Crippen MR) is 77.9 cm³/mol. The summed E-state index contributed by atoms with van der Waals surface area (Å²) in [5, 5.41) is 0. The van der Waals surface area contributed by atoms with Gasteiger partial charge in [0.15, 0.2) is 0 Å². The van der Waals surface area contributed by atoms with E-state index in [1.54, 1.807) is 0 Å². The molecule has 1 saturated heterocycles. The van der Waals surface area contributed by atoms with Crippen LogP contribution in [0.3, 0.4) is 0 Å². The van der Waals surface area contributed by atoms with Gasteiger partial charge in [0, 0.05) is 6.04 Å². The van der Waals surface area contributed by atoms with E-state index in [1.165, 1.54) is 37.7 Å². The number of likely N-dealkylation sites (N-methyl/N-ethyl adjacent to an activating group) is 1. The maximum Gasteiger partial charge on any atom is 0.114 e. The maximum absolute atomic E-state index is 6.44. The summed E-state index contributed by atoms with van der Waals surface area (Å²) in [4.78, 5) is 2.45. The summed E-state index contributed by atoms with van der Waals surface area (Å²) >= 11 is 0. The largest absolute Gasteiger partial charge is 0.353 e. The van der Waals surface area contributed by atoms with Gasteiger partial charge in [-0.1, -0.05) is 49.6 Å². The molecule has 1 heterocycles. The van der Waals surface area contributed by atoms with Crippen LogP contribution in [0.15, 0.2) is 30.3 Å². The maximum atomic E-state index is 6.44. The minimum Gasteiger partial charge on any atom is -0.353 e. The van der Waals surface area contributed by atoms with E-state index >= 15 is 0 Å². The van der Waals surface area contributed by atoms with Gasteiger partial charge in [0.1, 0.15) is 6.23 Å². The predicted octanol–water partition coefficient (Wildman–Crippen LogP) is 3.98. The lowest BCUT2D eigenvalue weighted by molar-refractivity contribution is -0.0432. The van der Waals surface area contributed by atoms with Crippen LogP contribution in [0.25, 0.3) is 0 Å². The molecule has 19 heavy (non-hydrogen) atoms. The van der Waals surface area contributed by atoms with Crippen molar-refractivity contribution >= 4 is 0 Å². The van der Waals surface area contributed by atoms with Crippen molar-refractivity contribution < 1.29 is 4.74 Å². The van der Waals surface area contributed by atoms with E-state index in [1.807, 2.05) is 0 Å². The third-order valence-corrected chi connectivity index (χ3v) is 4.95. The summed E-state index contributed by atoms with van der Waals surface area (Å²) in [5.41, 5.74) is 1.32. The van der Waals surface area contributed by atoms with Crippen LogP contribution >= 0.6 is 0 Å². The lowest BCUT2D eigenvalue weighted by atomic mass is 9.87. The minimum absolute atomic E-state index is 0.234. The molecule has 0 spiro atoms. The van der Waals surface area contributed by atoms with Gasteiger partial charge in [-0.25, -0.2) is 0 Å². The molecule has 1 aliphatic carbocycles. The third kappa shape index (κ3) is 2.56. The molecule has 3 atom stereocenters. The van der Waals surface area contributed by atoms with Crippen molar-refractivity contribution in [1.82, 2.24) is 4.90 Å². The highest BCUT2D eigenvalue weighted by molar-refractivity contribution is 5.20. The third-order valence-electron chi connectivity index (χ3n) is 4.95. The Bertz CT molecular complexity index is 399. The van der Waals surface area contributed by atoms with Gasteiger partial charge in [0.25, 0.3) is 0 Å². The molecule has 0 aromatic heterocycles. The second kappa shape index (κ2) is 5.64. The van der Waals surface area contributed by atoms with Gasteiger partial charge in [-0.3, -0.25) is 4.90 Å². The summed E-state index contributed by atoms with van der Waals surface area (Å²) in [6.07, 6.45) is 7.39. The fourth-order valence-corrected chi connectivity index (χ4v) is 3.67. The van der Waals surface area contributed by atoms with Crippen LogP contribution in [0.5, 0.6) is 0 Å². The molecule has 1 aliphatic heterocycles. The summed E-state index contributed by atoms with van der Waals surface area (Å²) in [6, 6.07) is 11.1. The van der Waals surface area contributed by atoms with Crippen molar-refractivity contribution in [3.05, 3.63) is 35.9 Å². The average Bonchev–Trinajstić information content (AvgIpc) is 2.77. The molecule has 1 aromatic rings. The first kappa shape index (κ1) is 13.1. The molecule has 2 heteroatoms. The van der Waals surface area contributed by atoms with E-state index < -0.39 is 0 Å². The first-order chi connectivity index (χ1) is 9.27. The zero-order valence-electron chi connectivity index (χ0n) is 12.1. The first-order valence-electron chi connectivity index (χ1n) is 7.69. The van der Waals surface area contributed by atoms with E-state index in [0.717, 1.165) is 5.92 Å². The summed E-state index contributed by atoms with van der Waals surface area (Å²) in [6.45, 7) is 2.29. The fourth-order valence-electron chi connectivity index (χ4n) is 3.67. The van der Waals surface area contributed by atoms with E-state index in [9.17, 15) is 0 Å². The molecule has 1 aromatic carbocycles. The lowest BCUT2D eigenvalue weighted by Crippen LogP contribution is -2.37. The highest BCUT2D eigenvalue weighted by atomic mass is 16.5. The van der Waals surface area contributed by atoms with E-state index in [0.29, 0.717) is 12.3 Å². The summed E-state index contributed by atoms with van der Waals surface area (Å²) in [7, 11) is 2.23. The number of hydrogen-bond donors (Lipinski definition) is 0. The number of nitrogens with zero attached hydrogens (tertiary/aromatic N) is 1. The van der Waals surface area contributed by atoms with Crippen LogP contribution < -0.4 is 0 Å². The Hall–Kier alpha value is -0.860. The van der Waals surface area contributed by atoms with Crippen molar-refractivity contribution in [3.8, 4) is 0 Å². The quantitative estimate of drug-likeness (QED) is 0.796. The zero-order chi connectivity index (χ0) is 13.2. The Morgan fingerprint density at radius 1 is 1.05 bits per heavy atom. The Morgan fingerprint density at radius 3 is 2.42 bits per heavy atom. The molecular weight excluding hydrogens is 234 g/mol. The highest BCUT2D eigenvalue weighted by Gasteiger charge is 2.41. The Kier molecular flexibility index (Phi) is 3.90. The summed E-state index contributed by atoms with van der Waals surface area (Å²) < 4.78 is 6.44. The standard InChI is InChI=1S/C17H25NO/c1-13-16(14-9-5-3-6-10-14)19-17(18(13)2)15-11-7-4-8-12-15/h3,5-6,9-10,13,15-17H,4,7-8,11-12H2,1-2H3/t13-,16-,17-/m0/s1. The van der Waals surface area contributed by atoms with Crippen molar-refractivity contribution in [1.29, 1.82) is 0 Å². The fraction of sp³-hybridized carbons (Fsp3) is 0.647. The second-order valence-electron chi connectivity index (χ2n) is 6.16. The minimum atomic E-state index is 0.234. The molecule has 0 radical (unpaired) electrons. The van der Waals surface area contributed by atoms with Crippen LogP contribution in [-0.2, 0) is 4.74 Å². The molecule has 0 bridgehead atoms. The molecule has 2 aliphatic rings. The molecule has 0 unspecified atom stereocenters. The normalized spacial score (nSPS) is 33.7. The summed E-state index contributed by atoms with van der Waals surface area (Å²) in [5.74, 6) is 0.731. The molecule has 1 saturated carbocycles. The van der Waals surface area contributed by atoms with Gasteiger partial charge in [0.2, 0.25) is 0 Å². The Labute approximate surface area is 116 Å². The molecule has 3 rings (SSSR count). The number of rotatable bonds is 2. The SMILES string of the molecule is C[C@H]1[C@@H](c2ccccc2)O[C@@H](C2CCCCC2)N1C. The number of ether oxygens (including phenoxy) is 1. The Morgan fingerprint density at radius 2 is 1.74 bits per heavy atom.